The molecule has 0 heterocycles. The SMILES string of the molecule is C[Si](C)(C)C#C[C@@]1(O)CC2CC[C@@H](C1)[C@H]2S(=O)(=O)c1cc(C(=O)Nc2cc(F)c(F)c(F)c2)ccc1Cl. The van der Waals surface area contributed by atoms with E-state index in [-0.39, 0.29) is 45.8 Å². The molecular formula is C26H27ClF3NO4SSi. The van der Waals surface area contributed by atoms with Crippen LogP contribution in [0.1, 0.15) is 36.0 Å². The first-order chi connectivity index (χ1) is 17.1. The zero-order valence-electron chi connectivity index (χ0n) is 20.5. The smallest absolute Gasteiger partial charge is 0.255 e. The van der Waals surface area contributed by atoms with Crippen LogP contribution in [0, 0.1) is 40.8 Å². The predicted octanol–water partition coefficient (Wildman–Crippen LogP) is 5.58. The standard InChI is InChI=1S/C26H27ClF3NO4SSi/c1-37(2,3)9-8-26(33)13-16-4-5-17(14-26)24(16)36(34,35)22-10-15(6-7-19(22)27)25(32)31-18-11-20(28)23(30)21(29)12-18/h6-7,10-12,16-17,24,33H,4-5,13-14H2,1-3H3,(H,31,32)/t16-,17?,24+,26-/m0/s1. The highest BCUT2D eigenvalue weighted by Crippen LogP contribution is 2.51. The highest BCUT2D eigenvalue weighted by Gasteiger charge is 2.54. The van der Waals surface area contributed by atoms with Crippen LogP contribution in [-0.2, 0) is 9.84 Å². The fraction of sp³-hybridized carbons (Fsp3) is 0.423. The van der Waals surface area contributed by atoms with E-state index in [0.717, 1.165) is 6.07 Å². The van der Waals surface area contributed by atoms with Gasteiger partial charge < -0.3 is 10.4 Å². The van der Waals surface area contributed by atoms with Crippen LogP contribution in [0.2, 0.25) is 24.7 Å². The lowest BCUT2D eigenvalue weighted by molar-refractivity contribution is 0.0341. The Bertz CT molecular complexity index is 1390. The average molecular weight is 570 g/mol. The number of carbonyl (C=O) groups is 1. The second-order valence-corrected chi connectivity index (χ2v) is 18.1. The molecule has 2 aliphatic rings. The first-order valence-electron chi connectivity index (χ1n) is 11.9. The lowest BCUT2D eigenvalue weighted by Crippen LogP contribution is -2.45. The van der Waals surface area contributed by atoms with Crippen molar-refractivity contribution in [2.24, 2.45) is 11.8 Å². The fourth-order valence-corrected chi connectivity index (χ4v) is 8.73. The number of sulfone groups is 1. The summed E-state index contributed by atoms with van der Waals surface area (Å²) in [4.78, 5) is 12.5. The van der Waals surface area contributed by atoms with Gasteiger partial charge in [-0.15, -0.1) is 5.54 Å². The fourth-order valence-electron chi connectivity index (χ4n) is 5.28. The molecule has 198 valence electrons. The van der Waals surface area contributed by atoms with Crippen LogP contribution >= 0.6 is 11.6 Å². The number of hydrogen-bond donors (Lipinski definition) is 2. The molecule has 0 aromatic heterocycles. The summed E-state index contributed by atoms with van der Waals surface area (Å²) in [7, 11) is -5.74. The van der Waals surface area contributed by atoms with E-state index >= 15 is 0 Å². The molecule has 2 bridgehead atoms. The number of nitrogens with one attached hydrogen (secondary N) is 1. The number of carbonyl (C=O) groups excluding carboxylic acids is 1. The second-order valence-electron chi connectivity index (χ2n) is 10.9. The Morgan fingerprint density at radius 2 is 1.65 bits per heavy atom. The van der Waals surface area contributed by atoms with Crippen molar-refractivity contribution in [2.75, 3.05) is 5.32 Å². The number of aliphatic hydroxyl groups is 1. The number of amides is 1. The summed E-state index contributed by atoms with van der Waals surface area (Å²) >= 11 is 6.28. The first-order valence-corrected chi connectivity index (χ1v) is 17.3. The predicted molar refractivity (Wildman–Crippen MR) is 138 cm³/mol. The summed E-state index contributed by atoms with van der Waals surface area (Å²) in [5, 5.41) is 12.5. The number of fused-ring (bicyclic) bond motifs is 2. The van der Waals surface area contributed by atoms with Gasteiger partial charge in [-0.3, -0.25) is 4.79 Å². The Morgan fingerprint density at radius 1 is 1.08 bits per heavy atom. The van der Waals surface area contributed by atoms with E-state index in [1.54, 1.807) is 0 Å². The molecule has 1 unspecified atom stereocenters. The molecule has 5 nitrogen and oxygen atoms in total. The maximum atomic E-state index is 13.8. The molecule has 2 aliphatic carbocycles. The van der Waals surface area contributed by atoms with Crippen LogP contribution in [0.15, 0.2) is 35.2 Å². The number of rotatable bonds is 4. The molecule has 0 spiro atoms. The van der Waals surface area contributed by atoms with Crippen LogP contribution in [0.4, 0.5) is 18.9 Å². The minimum absolute atomic E-state index is 0.0609. The monoisotopic (exact) mass is 569 g/mol. The third-order valence-electron chi connectivity index (χ3n) is 6.81. The van der Waals surface area contributed by atoms with Crippen molar-refractivity contribution < 1.29 is 31.5 Å². The summed E-state index contributed by atoms with van der Waals surface area (Å²) in [5.74, 6) is -3.06. The summed E-state index contributed by atoms with van der Waals surface area (Å²) in [5.41, 5.74) is 1.54. The quantitative estimate of drug-likeness (QED) is 0.286. The molecule has 2 N–H and O–H groups in total. The van der Waals surface area contributed by atoms with E-state index < -0.39 is 52.1 Å². The summed E-state index contributed by atoms with van der Waals surface area (Å²) in [6.07, 6.45) is 1.74. The Morgan fingerprint density at radius 3 is 2.19 bits per heavy atom. The highest BCUT2D eigenvalue weighted by molar-refractivity contribution is 7.92. The molecule has 0 radical (unpaired) electrons. The Hall–Kier alpha value is -2.32. The van der Waals surface area contributed by atoms with E-state index in [0.29, 0.717) is 25.0 Å². The molecule has 4 rings (SSSR count). The molecule has 11 heteroatoms. The van der Waals surface area contributed by atoms with Crippen LogP contribution in [0.5, 0.6) is 0 Å². The maximum Gasteiger partial charge on any atom is 0.255 e. The van der Waals surface area contributed by atoms with Crippen LogP contribution < -0.4 is 5.32 Å². The van der Waals surface area contributed by atoms with Crippen molar-refractivity contribution >= 4 is 41.1 Å². The third kappa shape index (κ3) is 5.75. The lowest BCUT2D eigenvalue weighted by Gasteiger charge is -2.38. The van der Waals surface area contributed by atoms with Gasteiger partial charge in [-0.05, 0) is 55.7 Å². The molecule has 2 saturated carbocycles. The molecule has 2 aromatic rings. The van der Waals surface area contributed by atoms with Gasteiger partial charge >= 0.3 is 0 Å². The van der Waals surface area contributed by atoms with E-state index in [2.05, 4.69) is 36.4 Å². The molecule has 2 aromatic carbocycles. The average Bonchev–Trinajstić information content (AvgIpc) is 3.09. The minimum atomic E-state index is -4.00. The first kappa shape index (κ1) is 27.7. The number of halogens is 4. The van der Waals surface area contributed by atoms with Crippen molar-refractivity contribution in [1.82, 2.24) is 0 Å². The van der Waals surface area contributed by atoms with E-state index in [4.69, 9.17) is 11.6 Å². The normalized spacial score (nSPS) is 25.4. The van der Waals surface area contributed by atoms with Crippen LogP contribution in [-0.4, -0.2) is 38.4 Å². The minimum Gasteiger partial charge on any atom is -0.378 e. The molecule has 1 amide bonds. The molecule has 0 aliphatic heterocycles. The van der Waals surface area contributed by atoms with Gasteiger partial charge in [-0.25, -0.2) is 21.6 Å². The second kappa shape index (κ2) is 9.77. The summed E-state index contributed by atoms with van der Waals surface area (Å²) in [6, 6.07) is 4.93. The van der Waals surface area contributed by atoms with Gasteiger partial charge in [0.1, 0.15) is 13.7 Å². The van der Waals surface area contributed by atoms with Gasteiger partial charge in [0.25, 0.3) is 5.91 Å². The molecular weight excluding hydrogens is 543 g/mol. The van der Waals surface area contributed by atoms with Gasteiger partial charge in [-0.2, -0.15) is 0 Å². The summed E-state index contributed by atoms with van der Waals surface area (Å²) < 4.78 is 67.9. The van der Waals surface area contributed by atoms with Crippen molar-refractivity contribution in [3.63, 3.8) is 0 Å². The number of hydrogen-bond acceptors (Lipinski definition) is 4. The van der Waals surface area contributed by atoms with Crippen molar-refractivity contribution in [1.29, 1.82) is 0 Å². The van der Waals surface area contributed by atoms with Gasteiger partial charge in [0.2, 0.25) is 0 Å². The lowest BCUT2D eigenvalue weighted by atomic mass is 9.78. The van der Waals surface area contributed by atoms with Gasteiger partial charge in [0.15, 0.2) is 27.3 Å². The van der Waals surface area contributed by atoms with Gasteiger partial charge in [-0.1, -0.05) is 37.2 Å². The molecule has 4 atom stereocenters. The number of anilines is 1. The largest absolute Gasteiger partial charge is 0.378 e. The van der Waals surface area contributed by atoms with Gasteiger partial charge in [0.05, 0.1) is 15.2 Å². The molecule has 37 heavy (non-hydrogen) atoms. The highest BCUT2D eigenvalue weighted by atomic mass is 35.5. The van der Waals surface area contributed by atoms with Gasteiger partial charge in [0, 0.05) is 23.4 Å². The number of benzene rings is 2. The Balaban J connectivity index is 1.61. The third-order valence-corrected chi connectivity index (χ3v) is 10.6. The summed E-state index contributed by atoms with van der Waals surface area (Å²) in [6.45, 7) is 6.22. The van der Waals surface area contributed by atoms with Crippen molar-refractivity contribution in [3.8, 4) is 11.5 Å². The molecule has 2 fully saturated rings. The van der Waals surface area contributed by atoms with Crippen LogP contribution in [0.3, 0.4) is 0 Å². The zero-order chi connectivity index (χ0) is 27.3. The van der Waals surface area contributed by atoms with Crippen LogP contribution in [0.25, 0.3) is 0 Å². The van der Waals surface area contributed by atoms with E-state index in [1.165, 1.54) is 12.1 Å². The zero-order valence-corrected chi connectivity index (χ0v) is 23.1. The Labute approximate surface area is 220 Å². The topological polar surface area (TPSA) is 83.5 Å². The van der Waals surface area contributed by atoms with E-state index in [1.807, 2.05) is 0 Å². The molecule has 0 saturated heterocycles. The maximum absolute atomic E-state index is 13.8. The van der Waals surface area contributed by atoms with E-state index in [9.17, 15) is 31.5 Å². The van der Waals surface area contributed by atoms with Crippen molar-refractivity contribution in [3.05, 3.63) is 58.4 Å². The Kier molecular flexibility index (Phi) is 7.31. The van der Waals surface area contributed by atoms with Crippen molar-refractivity contribution in [2.45, 2.75) is 61.1 Å².